The van der Waals surface area contributed by atoms with Gasteiger partial charge in [0.05, 0.1) is 24.0 Å². The molecule has 1 saturated heterocycles. The molecule has 1 fully saturated rings. The molecule has 1 aliphatic rings. The minimum Gasteiger partial charge on any atom is -0.494 e. The normalized spacial score (nSPS) is 14.3. The number of nitrogens with zero attached hydrogens (tertiary/aromatic N) is 5. The van der Waals surface area contributed by atoms with Crippen LogP contribution in [0.25, 0.3) is 33.9 Å². The number of hydrogen-bond donors (Lipinski definition) is 0. The smallest absolute Gasteiger partial charge is 0.258 e. The van der Waals surface area contributed by atoms with Crippen molar-refractivity contribution in [2.45, 2.75) is 45.6 Å². The lowest BCUT2D eigenvalue weighted by molar-refractivity contribution is -0.131. The molecular weight excluding hydrogens is 430 g/mol. The zero-order valence-corrected chi connectivity index (χ0v) is 19.4. The second-order valence-corrected chi connectivity index (χ2v) is 8.57. The maximum absolute atomic E-state index is 12.7. The fourth-order valence-corrected chi connectivity index (χ4v) is 4.39. The molecule has 2 aromatic heterocycles. The first-order chi connectivity index (χ1) is 16.7. The Kier molecular flexibility index (Phi) is 6.56. The first-order valence-corrected chi connectivity index (χ1v) is 12.0. The number of benzene rings is 2. The third-order valence-corrected chi connectivity index (χ3v) is 6.24. The fourth-order valence-electron chi connectivity index (χ4n) is 4.39. The summed E-state index contributed by atoms with van der Waals surface area (Å²) in [6.45, 7) is 4.97. The van der Waals surface area contributed by atoms with E-state index in [2.05, 4.69) is 15.1 Å². The van der Waals surface area contributed by atoms with Gasteiger partial charge in [-0.15, -0.1) is 0 Å². The van der Waals surface area contributed by atoms with Crippen molar-refractivity contribution in [1.29, 1.82) is 0 Å². The Balaban J connectivity index is 1.27. The molecule has 1 amide bonds. The lowest BCUT2D eigenvalue weighted by atomic mass is 10.2. The van der Waals surface area contributed by atoms with Gasteiger partial charge in [0.1, 0.15) is 5.75 Å². The van der Waals surface area contributed by atoms with Crippen LogP contribution in [0, 0.1) is 0 Å². The zero-order chi connectivity index (χ0) is 23.3. The van der Waals surface area contributed by atoms with Crippen molar-refractivity contribution in [3.05, 3.63) is 48.8 Å². The summed E-state index contributed by atoms with van der Waals surface area (Å²) >= 11 is 0. The van der Waals surface area contributed by atoms with E-state index in [-0.39, 0.29) is 5.91 Å². The average molecular weight is 460 g/mol. The lowest BCUT2D eigenvalue weighted by Crippen LogP contribution is -2.32. The van der Waals surface area contributed by atoms with Crippen LogP contribution in [0.2, 0.25) is 0 Å². The van der Waals surface area contributed by atoms with Gasteiger partial charge in [0.15, 0.2) is 0 Å². The van der Waals surface area contributed by atoms with Gasteiger partial charge in [-0.2, -0.15) is 4.98 Å². The number of ether oxygens (including phenoxy) is 1. The Morgan fingerprint density at radius 3 is 2.56 bits per heavy atom. The molecule has 0 saturated carbocycles. The SMILES string of the molecule is CCOc1ccc(-c2nc(-c3ccc4c(c3)ncn4CCC(=O)N3CCCCCC3)no2)cc1. The number of fused-ring (bicyclic) bond motifs is 1. The van der Waals surface area contributed by atoms with Crippen LogP contribution in [0.15, 0.2) is 53.3 Å². The summed E-state index contributed by atoms with van der Waals surface area (Å²) < 4.78 is 13.0. The van der Waals surface area contributed by atoms with E-state index in [1.54, 1.807) is 6.33 Å². The van der Waals surface area contributed by atoms with Crippen LogP contribution >= 0.6 is 0 Å². The highest BCUT2D eigenvalue weighted by molar-refractivity contribution is 5.81. The molecule has 34 heavy (non-hydrogen) atoms. The van der Waals surface area contributed by atoms with E-state index in [0.717, 1.165) is 53.8 Å². The number of rotatable bonds is 7. The van der Waals surface area contributed by atoms with Gasteiger partial charge < -0.3 is 18.7 Å². The third kappa shape index (κ3) is 4.81. The summed E-state index contributed by atoms with van der Waals surface area (Å²) in [5.74, 6) is 2.00. The molecule has 0 unspecified atom stereocenters. The molecule has 0 radical (unpaired) electrons. The van der Waals surface area contributed by atoms with Gasteiger partial charge in [-0.05, 0) is 62.2 Å². The van der Waals surface area contributed by atoms with E-state index < -0.39 is 0 Å². The molecule has 0 bridgehead atoms. The van der Waals surface area contributed by atoms with E-state index in [1.807, 2.05) is 58.9 Å². The van der Waals surface area contributed by atoms with Crippen LogP contribution in [0.4, 0.5) is 0 Å². The summed E-state index contributed by atoms with van der Waals surface area (Å²) in [5.41, 5.74) is 3.50. The first-order valence-electron chi connectivity index (χ1n) is 12.0. The average Bonchev–Trinajstić information content (AvgIpc) is 3.42. The highest BCUT2D eigenvalue weighted by atomic mass is 16.5. The summed E-state index contributed by atoms with van der Waals surface area (Å²) in [7, 11) is 0. The van der Waals surface area contributed by atoms with E-state index >= 15 is 0 Å². The van der Waals surface area contributed by atoms with Crippen molar-refractivity contribution in [2.75, 3.05) is 19.7 Å². The minimum atomic E-state index is 0.231. The van der Waals surface area contributed by atoms with E-state index in [9.17, 15) is 4.79 Å². The van der Waals surface area contributed by atoms with E-state index in [0.29, 0.717) is 31.3 Å². The molecule has 8 nitrogen and oxygen atoms in total. The number of carbonyl (C=O) groups excluding carboxylic acids is 1. The Labute approximate surface area is 198 Å². The highest BCUT2D eigenvalue weighted by Gasteiger charge is 2.16. The Bertz CT molecular complexity index is 1250. The van der Waals surface area contributed by atoms with E-state index in [4.69, 9.17) is 9.26 Å². The summed E-state index contributed by atoms with van der Waals surface area (Å²) in [5, 5.41) is 4.15. The molecule has 2 aromatic carbocycles. The maximum Gasteiger partial charge on any atom is 0.258 e. The van der Waals surface area contributed by atoms with Gasteiger partial charge in [-0.25, -0.2) is 4.98 Å². The fraction of sp³-hybridized carbons (Fsp3) is 0.385. The second-order valence-electron chi connectivity index (χ2n) is 8.57. The molecule has 0 spiro atoms. The molecule has 0 atom stereocenters. The Morgan fingerprint density at radius 2 is 1.79 bits per heavy atom. The minimum absolute atomic E-state index is 0.231. The predicted octanol–water partition coefficient (Wildman–Crippen LogP) is 4.94. The first kappa shape index (κ1) is 22.1. The van der Waals surface area contributed by atoms with Crippen molar-refractivity contribution in [3.63, 3.8) is 0 Å². The van der Waals surface area contributed by atoms with Crippen molar-refractivity contribution in [2.24, 2.45) is 0 Å². The molecule has 1 aliphatic heterocycles. The molecule has 3 heterocycles. The molecule has 4 aromatic rings. The van der Waals surface area contributed by atoms with E-state index in [1.165, 1.54) is 12.8 Å². The monoisotopic (exact) mass is 459 g/mol. The largest absolute Gasteiger partial charge is 0.494 e. The van der Waals surface area contributed by atoms with Crippen molar-refractivity contribution >= 4 is 16.9 Å². The Hall–Kier alpha value is -3.68. The molecule has 8 heteroatoms. The number of carbonyl (C=O) groups is 1. The zero-order valence-electron chi connectivity index (χ0n) is 19.4. The maximum atomic E-state index is 12.7. The van der Waals surface area contributed by atoms with Crippen LogP contribution in [-0.2, 0) is 11.3 Å². The second kappa shape index (κ2) is 10.1. The van der Waals surface area contributed by atoms with Gasteiger partial charge in [0.2, 0.25) is 11.7 Å². The van der Waals surface area contributed by atoms with Crippen LogP contribution in [0.3, 0.4) is 0 Å². The molecule has 0 aliphatic carbocycles. The van der Waals surface area contributed by atoms with Crippen molar-refractivity contribution < 1.29 is 14.1 Å². The Morgan fingerprint density at radius 1 is 1.03 bits per heavy atom. The van der Waals surface area contributed by atoms with Crippen molar-refractivity contribution in [3.8, 4) is 28.6 Å². The predicted molar refractivity (Wildman–Crippen MR) is 129 cm³/mol. The standard InChI is InChI=1S/C26H29N5O3/c1-2-33-21-10-7-19(8-11-21)26-28-25(29-34-26)20-9-12-23-22(17-20)27-18-31(23)16-13-24(32)30-14-5-3-4-6-15-30/h7-12,17-18H,2-6,13-16H2,1H3. The van der Waals surface area contributed by atoms with Gasteiger partial charge >= 0.3 is 0 Å². The number of imidazole rings is 1. The summed E-state index contributed by atoms with van der Waals surface area (Å²) in [6.07, 6.45) is 6.95. The highest BCUT2D eigenvalue weighted by Crippen LogP contribution is 2.26. The number of aromatic nitrogens is 4. The van der Waals surface area contributed by atoms with Gasteiger partial charge in [0, 0.05) is 37.2 Å². The number of amides is 1. The third-order valence-electron chi connectivity index (χ3n) is 6.24. The van der Waals surface area contributed by atoms with Gasteiger partial charge in [-0.3, -0.25) is 4.79 Å². The lowest BCUT2D eigenvalue weighted by Gasteiger charge is -2.20. The van der Waals surface area contributed by atoms with Crippen LogP contribution in [-0.4, -0.2) is 50.2 Å². The topological polar surface area (TPSA) is 86.3 Å². The number of aryl methyl sites for hydroxylation is 1. The summed E-state index contributed by atoms with van der Waals surface area (Å²) in [4.78, 5) is 23.8. The van der Waals surface area contributed by atoms with Crippen LogP contribution in [0.5, 0.6) is 5.75 Å². The number of likely N-dealkylation sites (tertiary alicyclic amines) is 1. The number of hydrogen-bond acceptors (Lipinski definition) is 6. The van der Waals surface area contributed by atoms with Gasteiger partial charge in [-0.1, -0.05) is 18.0 Å². The van der Waals surface area contributed by atoms with Crippen LogP contribution < -0.4 is 4.74 Å². The molecule has 0 N–H and O–H groups in total. The molecule has 5 rings (SSSR count). The van der Waals surface area contributed by atoms with Crippen LogP contribution in [0.1, 0.15) is 39.0 Å². The molecule has 176 valence electrons. The molecular formula is C26H29N5O3. The summed E-state index contributed by atoms with van der Waals surface area (Å²) in [6, 6.07) is 13.5. The van der Waals surface area contributed by atoms with Crippen molar-refractivity contribution in [1.82, 2.24) is 24.6 Å². The quantitative estimate of drug-likeness (QED) is 0.389. The van der Waals surface area contributed by atoms with Gasteiger partial charge in [0.25, 0.3) is 5.89 Å².